The molecule has 1 aromatic carbocycles. The summed E-state index contributed by atoms with van der Waals surface area (Å²) in [4.78, 5) is 11.9. The van der Waals surface area contributed by atoms with Crippen molar-refractivity contribution in [3.8, 4) is 0 Å². The number of carbonyl (C=O) groups is 1. The molecule has 0 saturated carbocycles. The van der Waals surface area contributed by atoms with Crippen LogP contribution in [-0.4, -0.2) is 16.0 Å². The number of rotatable bonds is 1. The molecule has 0 saturated heterocycles. The third-order valence-electron chi connectivity index (χ3n) is 3.24. The molecule has 3 nitrogen and oxygen atoms in total. The van der Waals surface area contributed by atoms with Gasteiger partial charge in [0.05, 0.1) is 11.8 Å². The first-order valence-electron chi connectivity index (χ1n) is 5.55. The van der Waals surface area contributed by atoms with Crippen molar-refractivity contribution in [2.24, 2.45) is 0 Å². The van der Waals surface area contributed by atoms with E-state index < -0.39 is 0 Å². The zero-order valence-electron chi connectivity index (χ0n) is 9.11. The second kappa shape index (κ2) is 3.80. The maximum Gasteiger partial charge on any atom is 0.166 e. The number of aromatic nitrogens is 2. The molecule has 1 aliphatic carbocycles. The molecule has 0 aliphatic heterocycles. The smallest absolute Gasteiger partial charge is 0.166 e. The first kappa shape index (κ1) is 10.2. The number of ketones is 1. The Morgan fingerprint density at radius 3 is 2.76 bits per heavy atom. The van der Waals surface area contributed by atoms with E-state index in [-0.39, 0.29) is 17.5 Å². The maximum atomic E-state index is 12.8. The van der Waals surface area contributed by atoms with Gasteiger partial charge in [-0.1, -0.05) is 12.1 Å². The van der Waals surface area contributed by atoms with E-state index in [0.29, 0.717) is 12.0 Å². The first-order chi connectivity index (χ1) is 8.24. The molecule has 86 valence electrons. The van der Waals surface area contributed by atoms with E-state index in [4.69, 9.17) is 0 Å². The lowest BCUT2D eigenvalue weighted by molar-refractivity contribution is 0.0964. The summed E-state index contributed by atoms with van der Waals surface area (Å²) in [6.07, 6.45) is 2.81. The molecule has 1 heterocycles. The van der Waals surface area contributed by atoms with Crippen molar-refractivity contribution in [1.82, 2.24) is 10.2 Å². The number of fused-ring (bicyclic) bond motifs is 1. The van der Waals surface area contributed by atoms with Crippen LogP contribution in [0.25, 0.3) is 0 Å². The third-order valence-corrected chi connectivity index (χ3v) is 3.24. The van der Waals surface area contributed by atoms with Crippen molar-refractivity contribution >= 4 is 5.78 Å². The standard InChI is InChI=1S/C13H11FN2O/c14-10-3-1-8(2-4-10)9-5-12-11(7-15-16-12)13(17)6-9/h1-4,7,9H,5-6H2,(H,15,16). The highest BCUT2D eigenvalue weighted by Crippen LogP contribution is 2.31. The summed E-state index contributed by atoms with van der Waals surface area (Å²) < 4.78 is 12.8. The second-order valence-corrected chi connectivity index (χ2v) is 4.34. The van der Waals surface area contributed by atoms with E-state index in [1.165, 1.54) is 12.1 Å². The van der Waals surface area contributed by atoms with Crippen molar-refractivity contribution in [3.63, 3.8) is 0 Å². The van der Waals surface area contributed by atoms with Crippen molar-refractivity contribution in [3.05, 3.63) is 53.1 Å². The number of Topliss-reactive ketones (excluding diaryl/α,β-unsaturated/α-hetero) is 1. The van der Waals surface area contributed by atoms with Crippen molar-refractivity contribution < 1.29 is 9.18 Å². The van der Waals surface area contributed by atoms with E-state index in [1.807, 2.05) is 0 Å². The molecule has 1 aromatic heterocycles. The van der Waals surface area contributed by atoms with Gasteiger partial charge in [-0.25, -0.2) is 4.39 Å². The van der Waals surface area contributed by atoms with Crippen LogP contribution in [0.1, 0.15) is 34.0 Å². The average molecular weight is 230 g/mol. The Balaban J connectivity index is 1.93. The minimum absolute atomic E-state index is 0.106. The van der Waals surface area contributed by atoms with Gasteiger partial charge in [0.25, 0.3) is 0 Å². The summed E-state index contributed by atoms with van der Waals surface area (Å²) in [6, 6.07) is 6.36. The minimum atomic E-state index is -0.252. The summed E-state index contributed by atoms with van der Waals surface area (Å²) in [5.74, 6) is -0.0245. The summed E-state index contributed by atoms with van der Waals surface area (Å²) in [6.45, 7) is 0. The maximum absolute atomic E-state index is 12.8. The summed E-state index contributed by atoms with van der Waals surface area (Å²) >= 11 is 0. The van der Waals surface area contributed by atoms with Gasteiger partial charge in [0.15, 0.2) is 5.78 Å². The van der Waals surface area contributed by atoms with Gasteiger partial charge < -0.3 is 0 Å². The lowest BCUT2D eigenvalue weighted by Crippen LogP contribution is -2.17. The molecule has 1 atom stereocenters. The number of aromatic amines is 1. The van der Waals surface area contributed by atoms with Crippen LogP contribution >= 0.6 is 0 Å². The van der Waals surface area contributed by atoms with Crippen molar-refractivity contribution in [2.45, 2.75) is 18.8 Å². The lowest BCUT2D eigenvalue weighted by atomic mass is 9.82. The van der Waals surface area contributed by atoms with Gasteiger partial charge >= 0.3 is 0 Å². The topological polar surface area (TPSA) is 45.8 Å². The van der Waals surface area contributed by atoms with Gasteiger partial charge in [-0.15, -0.1) is 0 Å². The summed E-state index contributed by atoms with van der Waals surface area (Å²) in [5, 5.41) is 6.74. The molecule has 0 radical (unpaired) electrons. The van der Waals surface area contributed by atoms with Crippen LogP contribution in [-0.2, 0) is 6.42 Å². The fraction of sp³-hybridized carbons (Fsp3) is 0.231. The third kappa shape index (κ3) is 1.75. The largest absolute Gasteiger partial charge is 0.294 e. The normalized spacial score (nSPS) is 19.1. The number of H-pyrrole nitrogens is 1. The fourth-order valence-electron chi connectivity index (χ4n) is 2.33. The van der Waals surface area contributed by atoms with Gasteiger partial charge in [-0.05, 0) is 30.0 Å². The number of carbonyl (C=O) groups excluding carboxylic acids is 1. The van der Waals surface area contributed by atoms with Crippen LogP contribution < -0.4 is 0 Å². The lowest BCUT2D eigenvalue weighted by Gasteiger charge is -2.20. The van der Waals surface area contributed by atoms with Crippen LogP contribution in [0.15, 0.2) is 30.5 Å². The predicted molar refractivity (Wildman–Crippen MR) is 60.4 cm³/mol. The number of benzene rings is 1. The molecule has 2 aromatic rings. The Labute approximate surface area is 97.7 Å². The highest BCUT2D eigenvalue weighted by molar-refractivity contribution is 5.98. The van der Waals surface area contributed by atoms with E-state index >= 15 is 0 Å². The Morgan fingerprint density at radius 2 is 2.00 bits per heavy atom. The Morgan fingerprint density at radius 1 is 1.24 bits per heavy atom. The number of halogens is 1. The van der Waals surface area contributed by atoms with Gasteiger partial charge in [0.2, 0.25) is 0 Å². The first-order valence-corrected chi connectivity index (χ1v) is 5.55. The van der Waals surface area contributed by atoms with E-state index in [1.54, 1.807) is 18.3 Å². The molecule has 1 aliphatic rings. The molecule has 1 N–H and O–H groups in total. The van der Waals surface area contributed by atoms with Crippen LogP contribution in [0, 0.1) is 5.82 Å². The Kier molecular flexibility index (Phi) is 2.28. The molecular formula is C13H11FN2O. The molecule has 3 rings (SSSR count). The number of nitrogens with zero attached hydrogens (tertiary/aromatic N) is 1. The zero-order chi connectivity index (χ0) is 11.8. The van der Waals surface area contributed by atoms with Gasteiger partial charge in [0.1, 0.15) is 5.82 Å². The minimum Gasteiger partial charge on any atom is -0.294 e. The molecular weight excluding hydrogens is 219 g/mol. The van der Waals surface area contributed by atoms with E-state index in [0.717, 1.165) is 17.7 Å². The van der Waals surface area contributed by atoms with Crippen molar-refractivity contribution in [2.75, 3.05) is 0 Å². The highest BCUT2D eigenvalue weighted by atomic mass is 19.1. The molecule has 1 unspecified atom stereocenters. The number of hydrogen-bond donors (Lipinski definition) is 1. The predicted octanol–water partition coefficient (Wildman–Crippen LogP) is 2.46. The van der Waals surface area contributed by atoms with Crippen LogP contribution in [0.3, 0.4) is 0 Å². The van der Waals surface area contributed by atoms with Crippen LogP contribution in [0.5, 0.6) is 0 Å². The quantitative estimate of drug-likeness (QED) is 0.817. The highest BCUT2D eigenvalue weighted by Gasteiger charge is 2.27. The monoisotopic (exact) mass is 230 g/mol. The second-order valence-electron chi connectivity index (χ2n) is 4.34. The summed E-state index contributed by atoms with van der Waals surface area (Å²) in [5.41, 5.74) is 2.58. The van der Waals surface area contributed by atoms with E-state index in [2.05, 4.69) is 10.2 Å². The molecule has 0 spiro atoms. The van der Waals surface area contributed by atoms with Crippen molar-refractivity contribution in [1.29, 1.82) is 0 Å². The number of hydrogen-bond acceptors (Lipinski definition) is 2. The average Bonchev–Trinajstić information content (AvgIpc) is 2.78. The molecule has 17 heavy (non-hydrogen) atoms. The molecule has 0 amide bonds. The van der Waals surface area contributed by atoms with Gasteiger partial charge in [0, 0.05) is 12.1 Å². The van der Waals surface area contributed by atoms with Crippen LogP contribution in [0.4, 0.5) is 4.39 Å². The Hall–Kier alpha value is -1.97. The molecule has 4 heteroatoms. The zero-order valence-corrected chi connectivity index (χ0v) is 9.11. The molecule has 0 fully saturated rings. The number of nitrogens with one attached hydrogen (secondary N) is 1. The molecule has 0 bridgehead atoms. The fourth-order valence-corrected chi connectivity index (χ4v) is 2.33. The SMILES string of the molecule is O=C1CC(c2ccc(F)cc2)Cc2[nH]ncc21. The Bertz CT molecular complexity index is 559. The summed E-state index contributed by atoms with van der Waals surface area (Å²) in [7, 11) is 0. The van der Waals surface area contributed by atoms with Crippen LogP contribution in [0.2, 0.25) is 0 Å². The van der Waals surface area contributed by atoms with Gasteiger partial charge in [-0.2, -0.15) is 5.10 Å². The van der Waals surface area contributed by atoms with E-state index in [9.17, 15) is 9.18 Å². The van der Waals surface area contributed by atoms with Gasteiger partial charge in [-0.3, -0.25) is 9.89 Å².